The minimum absolute atomic E-state index is 0.141. The Morgan fingerprint density at radius 3 is 2.70 bits per heavy atom. The molecule has 2 unspecified atom stereocenters. The summed E-state index contributed by atoms with van der Waals surface area (Å²) in [5.41, 5.74) is 0.686. The van der Waals surface area contributed by atoms with E-state index < -0.39 is 0 Å². The SMILES string of the molecule is O/C=C1/C(Cl)C=CCC1Cl. The molecule has 2 atom stereocenters. The van der Waals surface area contributed by atoms with Crippen LogP contribution in [0.15, 0.2) is 24.0 Å². The van der Waals surface area contributed by atoms with Crippen LogP contribution in [0.2, 0.25) is 0 Å². The summed E-state index contributed by atoms with van der Waals surface area (Å²) in [4.78, 5) is 0. The van der Waals surface area contributed by atoms with Crippen molar-refractivity contribution in [3.63, 3.8) is 0 Å². The standard InChI is InChI=1S/C7H8Cl2O/c8-6-2-1-3-7(9)5(6)4-10/h1-2,4,6-7,10H,3H2/b5-4-. The molecular formula is C7H8Cl2O. The second kappa shape index (κ2) is 3.31. The zero-order valence-corrected chi connectivity index (χ0v) is 6.81. The largest absolute Gasteiger partial charge is 0.516 e. The Kier molecular flexibility index (Phi) is 2.64. The van der Waals surface area contributed by atoms with Gasteiger partial charge in [0.05, 0.1) is 17.0 Å². The van der Waals surface area contributed by atoms with Crippen molar-refractivity contribution in [1.82, 2.24) is 0 Å². The van der Waals surface area contributed by atoms with E-state index in [0.717, 1.165) is 12.7 Å². The van der Waals surface area contributed by atoms with E-state index in [1.165, 1.54) is 0 Å². The summed E-state index contributed by atoms with van der Waals surface area (Å²) >= 11 is 11.6. The second-order valence-corrected chi connectivity index (χ2v) is 3.16. The topological polar surface area (TPSA) is 20.2 Å². The number of hydrogen-bond donors (Lipinski definition) is 1. The number of alkyl halides is 2. The van der Waals surface area contributed by atoms with E-state index in [1.807, 2.05) is 12.2 Å². The first-order valence-corrected chi connectivity index (χ1v) is 3.92. The maximum absolute atomic E-state index is 8.67. The van der Waals surface area contributed by atoms with Gasteiger partial charge in [-0.25, -0.2) is 0 Å². The minimum Gasteiger partial charge on any atom is -0.516 e. The lowest BCUT2D eigenvalue weighted by atomic mass is 10.0. The fourth-order valence-electron chi connectivity index (χ4n) is 0.890. The van der Waals surface area contributed by atoms with Gasteiger partial charge in [-0.05, 0) is 6.42 Å². The van der Waals surface area contributed by atoms with Crippen molar-refractivity contribution in [3.8, 4) is 0 Å². The van der Waals surface area contributed by atoms with Gasteiger partial charge in [0.2, 0.25) is 0 Å². The highest BCUT2D eigenvalue weighted by molar-refractivity contribution is 6.28. The zero-order chi connectivity index (χ0) is 7.56. The summed E-state index contributed by atoms with van der Waals surface area (Å²) in [5, 5.41) is 8.29. The van der Waals surface area contributed by atoms with Gasteiger partial charge in [-0.3, -0.25) is 0 Å². The number of hydrogen-bond acceptors (Lipinski definition) is 1. The zero-order valence-electron chi connectivity index (χ0n) is 5.30. The highest BCUT2D eigenvalue weighted by Crippen LogP contribution is 2.26. The van der Waals surface area contributed by atoms with Gasteiger partial charge in [0.1, 0.15) is 0 Å². The van der Waals surface area contributed by atoms with Gasteiger partial charge in [0, 0.05) is 5.57 Å². The van der Waals surface area contributed by atoms with Crippen molar-refractivity contribution >= 4 is 23.2 Å². The average molecular weight is 179 g/mol. The fraction of sp³-hybridized carbons (Fsp3) is 0.429. The smallest absolute Gasteiger partial charge is 0.0816 e. The number of halogens is 2. The first-order chi connectivity index (χ1) is 4.75. The molecule has 0 amide bonds. The lowest BCUT2D eigenvalue weighted by Crippen LogP contribution is -2.15. The fourth-order valence-corrected chi connectivity index (χ4v) is 1.56. The van der Waals surface area contributed by atoms with E-state index in [0.29, 0.717) is 5.57 Å². The van der Waals surface area contributed by atoms with Crippen LogP contribution in [0.3, 0.4) is 0 Å². The predicted molar refractivity (Wildman–Crippen MR) is 43.8 cm³/mol. The predicted octanol–water partition coefficient (Wildman–Crippen LogP) is 2.60. The quantitative estimate of drug-likeness (QED) is 0.344. The van der Waals surface area contributed by atoms with Crippen LogP contribution >= 0.6 is 23.2 Å². The van der Waals surface area contributed by atoms with Crippen LogP contribution in [0.4, 0.5) is 0 Å². The Bertz CT molecular complexity index is 174. The van der Waals surface area contributed by atoms with E-state index in [-0.39, 0.29) is 10.8 Å². The van der Waals surface area contributed by atoms with Gasteiger partial charge in [0.25, 0.3) is 0 Å². The van der Waals surface area contributed by atoms with Crippen molar-refractivity contribution in [2.24, 2.45) is 0 Å². The summed E-state index contributed by atoms with van der Waals surface area (Å²) in [6.07, 6.45) is 5.49. The first kappa shape index (κ1) is 7.96. The molecule has 0 heterocycles. The lowest BCUT2D eigenvalue weighted by molar-refractivity contribution is 0.463. The average Bonchev–Trinajstić information content (AvgIpc) is 1.88. The molecule has 0 saturated heterocycles. The maximum atomic E-state index is 8.67. The Balaban J connectivity index is 2.78. The molecule has 0 spiro atoms. The van der Waals surface area contributed by atoms with E-state index in [1.54, 1.807) is 0 Å². The van der Waals surface area contributed by atoms with Crippen molar-refractivity contribution in [1.29, 1.82) is 0 Å². The van der Waals surface area contributed by atoms with Crippen LogP contribution < -0.4 is 0 Å². The van der Waals surface area contributed by atoms with Gasteiger partial charge >= 0.3 is 0 Å². The number of aliphatic hydroxyl groups is 1. The highest BCUT2D eigenvalue weighted by atomic mass is 35.5. The van der Waals surface area contributed by atoms with Gasteiger partial charge in [-0.15, -0.1) is 23.2 Å². The molecular weight excluding hydrogens is 171 g/mol. The molecule has 56 valence electrons. The molecule has 0 aliphatic heterocycles. The number of allylic oxidation sites excluding steroid dienone is 3. The van der Waals surface area contributed by atoms with Crippen molar-refractivity contribution in [3.05, 3.63) is 24.0 Å². The van der Waals surface area contributed by atoms with Crippen molar-refractivity contribution < 1.29 is 5.11 Å². The van der Waals surface area contributed by atoms with Crippen molar-refractivity contribution in [2.45, 2.75) is 17.2 Å². The molecule has 0 aromatic heterocycles. The molecule has 1 aliphatic carbocycles. The number of rotatable bonds is 0. The first-order valence-electron chi connectivity index (χ1n) is 3.04. The highest BCUT2D eigenvalue weighted by Gasteiger charge is 2.20. The van der Waals surface area contributed by atoms with Crippen LogP contribution in [0.1, 0.15) is 6.42 Å². The van der Waals surface area contributed by atoms with E-state index in [9.17, 15) is 0 Å². The third-order valence-corrected chi connectivity index (χ3v) is 2.30. The van der Waals surface area contributed by atoms with Crippen LogP contribution in [0, 0.1) is 0 Å². The monoisotopic (exact) mass is 178 g/mol. The van der Waals surface area contributed by atoms with Gasteiger partial charge < -0.3 is 5.11 Å². The van der Waals surface area contributed by atoms with Crippen LogP contribution in [-0.4, -0.2) is 15.9 Å². The van der Waals surface area contributed by atoms with Gasteiger partial charge in [0.15, 0.2) is 0 Å². The normalized spacial score (nSPS) is 36.8. The third-order valence-electron chi connectivity index (χ3n) is 1.48. The molecule has 0 saturated carbocycles. The molecule has 0 radical (unpaired) electrons. The molecule has 1 nitrogen and oxygen atoms in total. The molecule has 3 heteroatoms. The molecule has 0 fully saturated rings. The Hall–Kier alpha value is -0.140. The molecule has 1 aliphatic rings. The maximum Gasteiger partial charge on any atom is 0.0816 e. The summed E-state index contributed by atoms with van der Waals surface area (Å²) in [5.74, 6) is 0. The van der Waals surface area contributed by atoms with Crippen LogP contribution in [0.5, 0.6) is 0 Å². The molecule has 10 heavy (non-hydrogen) atoms. The molecule has 1 N–H and O–H groups in total. The lowest BCUT2D eigenvalue weighted by Gasteiger charge is -2.18. The molecule has 1 rings (SSSR count). The third kappa shape index (κ3) is 1.47. The Morgan fingerprint density at radius 1 is 1.60 bits per heavy atom. The summed E-state index contributed by atoms with van der Waals surface area (Å²) in [6.45, 7) is 0. The van der Waals surface area contributed by atoms with Gasteiger partial charge in [-0.1, -0.05) is 12.2 Å². The van der Waals surface area contributed by atoms with Crippen LogP contribution in [-0.2, 0) is 0 Å². The van der Waals surface area contributed by atoms with E-state index in [4.69, 9.17) is 28.3 Å². The molecule has 0 bridgehead atoms. The molecule has 0 aromatic carbocycles. The van der Waals surface area contributed by atoms with E-state index in [2.05, 4.69) is 0 Å². The summed E-state index contributed by atoms with van der Waals surface area (Å²) in [7, 11) is 0. The van der Waals surface area contributed by atoms with E-state index >= 15 is 0 Å². The second-order valence-electron chi connectivity index (χ2n) is 2.16. The summed E-state index contributed by atoms with van der Waals surface area (Å²) in [6, 6.07) is 0. The van der Waals surface area contributed by atoms with Crippen molar-refractivity contribution in [2.75, 3.05) is 0 Å². The molecule has 0 aromatic rings. The summed E-state index contributed by atoms with van der Waals surface area (Å²) < 4.78 is 0. The van der Waals surface area contributed by atoms with Gasteiger partial charge in [-0.2, -0.15) is 0 Å². The van der Waals surface area contributed by atoms with Crippen LogP contribution in [0.25, 0.3) is 0 Å². The Morgan fingerprint density at radius 2 is 2.30 bits per heavy atom. The number of aliphatic hydroxyl groups excluding tert-OH is 1. The Labute approximate surface area is 69.9 Å². The minimum atomic E-state index is -0.235.